The van der Waals surface area contributed by atoms with Crippen molar-refractivity contribution in [3.63, 3.8) is 0 Å². The lowest BCUT2D eigenvalue weighted by Crippen LogP contribution is -2.40. The highest BCUT2D eigenvalue weighted by Crippen LogP contribution is 2.31. The first-order valence-electron chi connectivity index (χ1n) is 5.13. The summed E-state index contributed by atoms with van der Waals surface area (Å²) in [4.78, 5) is 13.1. The molecule has 1 heterocycles. The Balaban J connectivity index is 2.32. The predicted octanol–water partition coefficient (Wildman–Crippen LogP) is 1.50. The molecule has 16 heavy (non-hydrogen) atoms. The van der Waals surface area contributed by atoms with E-state index in [9.17, 15) is 9.90 Å². The maximum absolute atomic E-state index is 11.2. The Morgan fingerprint density at radius 3 is 2.88 bits per heavy atom. The van der Waals surface area contributed by atoms with Crippen LogP contribution < -0.4 is 10.6 Å². The van der Waals surface area contributed by atoms with Crippen molar-refractivity contribution in [3.05, 3.63) is 23.2 Å². The molecule has 2 rings (SSSR count). The fourth-order valence-electron chi connectivity index (χ4n) is 2.10. The normalized spacial score (nSPS) is 20.1. The number of amides is 1. The molecule has 0 radical (unpaired) electrons. The van der Waals surface area contributed by atoms with Gasteiger partial charge in [-0.25, -0.2) is 0 Å². The van der Waals surface area contributed by atoms with Crippen LogP contribution in [0.5, 0.6) is 5.75 Å². The molecule has 0 aromatic heterocycles. The highest BCUT2D eigenvalue weighted by molar-refractivity contribution is 6.31. The molecule has 0 spiro atoms. The molecule has 1 saturated heterocycles. The number of hydrogen-bond acceptors (Lipinski definition) is 3. The van der Waals surface area contributed by atoms with Gasteiger partial charge < -0.3 is 15.7 Å². The number of anilines is 1. The molecule has 5 heteroatoms. The number of halogens is 1. The zero-order chi connectivity index (χ0) is 11.7. The van der Waals surface area contributed by atoms with Crippen molar-refractivity contribution in [2.45, 2.75) is 18.9 Å². The van der Waals surface area contributed by atoms with Crippen molar-refractivity contribution in [3.8, 4) is 5.75 Å². The van der Waals surface area contributed by atoms with E-state index in [1.54, 1.807) is 12.1 Å². The summed E-state index contributed by atoms with van der Waals surface area (Å²) in [5.74, 6) is -0.241. The molecule has 1 atom stereocenters. The predicted molar refractivity (Wildman–Crippen MR) is 62.7 cm³/mol. The quantitative estimate of drug-likeness (QED) is 0.823. The molecule has 0 aliphatic carbocycles. The van der Waals surface area contributed by atoms with Crippen LogP contribution in [0.4, 0.5) is 5.69 Å². The zero-order valence-electron chi connectivity index (χ0n) is 8.69. The highest BCUT2D eigenvalue weighted by atomic mass is 35.5. The van der Waals surface area contributed by atoms with Gasteiger partial charge in [-0.1, -0.05) is 11.6 Å². The number of primary amides is 1. The summed E-state index contributed by atoms with van der Waals surface area (Å²) in [6.07, 6.45) is 1.67. The van der Waals surface area contributed by atoms with E-state index in [-0.39, 0.29) is 17.7 Å². The Labute approximate surface area is 98.6 Å². The van der Waals surface area contributed by atoms with Gasteiger partial charge in [-0.05, 0) is 25.0 Å². The molecule has 0 saturated carbocycles. The van der Waals surface area contributed by atoms with Crippen LogP contribution in [0.25, 0.3) is 0 Å². The summed E-state index contributed by atoms with van der Waals surface area (Å²) in [6.45, 7) is 0.757. The van der Waals surface area contributed by atoms with Gasteiger partial charge >= 0.3 is 0 Å². The van der Waals surface area contributed by atoms with Gasteiger partial charge in [0.1, 0.15) is 11.8 Å². The first-order valence-corrected chi connectivity index (χ1v) is 5.51. The minimum Gasteiger partial charge on any atom is -0.508 e. The zero-order valence-corrected chi connectivity index (χ0v) is 9.44. The Hall–Kier alpha value is -1.42. The van der Waals surface area contributed by atoms with Crippen LogP contribution in [0.1, 0.15) is 12.8 Å². The van der Waals surface area contributed by atoms with Crippen molar-refractivity contribution in [1.82, 2.24) is 0 Å². The lowest BCUT2D eigenvalue weighted by atomic mass is 10.2. The third-order valence-electron chi connectivity index (χ3n) is 2.78. The van der Waals surface area contributed by atoms with E-state index in [4.69, 9.17) is 17.3 Å². The second-order valence-electron chi connectivity index (χ2n) is 3.92. The van der Waals surface area contributed by atoms with E-state index in [2.05, 4.69) is 0 Å². The van der Waals surface area contributed by atoms with Gasteiger partial charge in [0.25, 0.3) is 0 Å². The van der Waals surface area contributed by atoms with Crippen LogP contribution in [0.15, 0.2) is 18.2 Å². The Morgan fingerprint density at radius 2 is 2.25 bits per heavy atom. The van der Waals surface area contributed by atoms with Crippen molar-refractivity contribution in [2.24, 2.45) is 5.73 Å². The van der Waals surface area contributed by atoms with E-state index >= 15 is 0 Å². The average molecular weight is 241 g/mol. The highest BCUT2D eigenvalue weighted by Gasteiger charge is 2.29. The van der Waals surface area contributed by atoms with E-state index in [0.29, 0.717) is 5.02 Å². The van der Waals surface area contributed by atoms with Gasteiger partial charge in [-0.15, -0.1) is 0 Å². The third kappa shape index (κ3) is 2.07. The molecule has 3 N–H and O–H groups in total. The first-order chi connectivity index (χ1) is 7.58. The van der Waals surface area contributed by atoms with Crippen molar-refractivity contribution in [2.75, 3.05) is 11.4 Å². The van der Waals surface area contributed by atoms with Crippen molar-refractivity contribution >= 4 is 23.2 Å². The molecule has 1 aliphatic heterocycles. The fraction of sp³-hybridized carbons (Fsp3) is 0.364. The summed E-state index contributed by atoms with van der Waals surface area (Å²) in [7, 11) is 0. The first kappa shape index (κ1) is 11.1. The minimum absolute atomic E-state index is 0.0950. The van der Waals surface area contributed by atoms with E-state index < -0.39 is 0 Å². The van der Waals surface area contributed by atoms with Crippen LogP contribution in [0.2, 0.25) is 5.02 Å². The average Bonchev–Trinajstić information content (AvgIpc) is 2.63. The largest absolute Gasteiger partial charge is 0.508 e. The Kier molecular flexibility index (Phi) is 2.92. The van der Waals surface area contributed by atoms with Gasteiger partial charge in [0.05, 0.1) is 0 Å². The summed E-state index contributed by atoms with van der Waals surface area (Å²) >= 11 is 5.85. The molecule has 4 nitrogen and oxygen atoms in total. The molecular weight excluding hydrogens is 228 g/mol. The number of aromatic hydroxyl groups is 1. The molecule has 86 valence electrons. The van der Waals surface area contributed by atoms with Crippen molar-refractivity contribution < 1.29 is 9.90 Å². The number of rotatable bonds is 2. The molecule has 1 amide bonds. The standard InChI is InChI=1S/C11H13ClN2O2/c12-7-4-8(6-9(15)5-7)14-3-1-2-10(14)11(13)16/h4-6,10,15H,1-3H2,(H2,13,16). The Morgan fingerprint density at radius 1 is 1.50 bits per heavy atom. The summed E-state index contributed by atoms with van der Waals surface area (Å²) in [6, 6.07) is 4.48. The van der Waals surface area contributed by atoms with Crippen LogP contribution in [0.3, 0.4) is 0 Å². The van der Waals surface area contributed by atoms with Gasteiger partial charge in [0.2, 0.25) is 5.91 Å². The minimum atomic E-state index is -0.336. The lowest BCUT2D eigenvalue weighted by molar-refractivity contribution is -0.119. The molecule has 1 fully saturated rings. The van der Waals surface area contributed by atoms with Crippen molar-refractivity contribution in [1.29, 1.82) is 0 Å². The number of benzene rings is 1. The topological polar surface area (TPSA) is 66.6 Å². The number of nitrogens with two attached hydrogens (primary N) is 1. The molecule has 1 aromatic rings. The lowest BCUT2D eigenvalue weighted by Gasteiger charge is -2.24. The van der Waals surface area contributed by atoms with Gasteiger partial charge in [0, 0.05) is 23.3 Å². The monoisotopic (exact) mass is 240 g/mol. The number of phenolic OH excluding ortho intramolecular Hbond substituents is 1. The summed E-state index contributed by atoms with van der Waals surface area (Å²) in [5, 5.41) is 9.90. The number of carbonyl (C=O) groups is 1. The van der Waals surface area contributed by atoms with E-state index in [1.807, 2.05) is 4.90 Å². The molecule has 0 bridgehead atoms. The third-order valence-corrected chi connectivity index (χ3v) is 3.00. The number of carbonyl (C=O) groups excluding carboxylic acids is 1. The van der Waals surface area contributed by atoms with Gasteiger partial charge in [-0.3, -0.25) is 4.79 Å². The van der Waals surface area contributed by atoms with E-state index in [1.165, 1.54) is 6.07 Å². The molecule has 1 aromatic carbocycles. The SMILES string of the molecule is NC(=O)C1CCCN1c1cc(O)cc(Cl)c1. The van der Waals surface area contributed by atoms with E-state index in [0.717, 1.165) is 25.1 Å². The fourth-order valence-corrected chi connectivity index (χ4v) is 2.32. The maximum atomic E-state index is 11.2. The molecule has 1 aliphatic rings. The maximum Gasteiger partial charge on any atom is 0.240 e. The second-order valence-corrected chi connectivity index (χ2v) is 4.36. The van der Waals surface area contributed by atoms with Crippen LogP contribution in [-0.4, -0.2) is 23.6 Å². The molecule has 1 unspecified atom stereocenters. The smallest absolute Gasteiger partial charge is 0.240 e. The van der Waals surface area contributed by atoms with Gasteiger partial charge in [-0.2, -0.15) is 0 Å². The molecular formula is C11H13ClN2O2. The van der Waals surface area contributed by atoms with Crippen LogP contribution >= 0.6 is 11.6 Å². The van der Waals surface area contributed by atoms with Crippen LogP contribution in [0, 0.1) is 0 Å². The number of nitrogens with zero attached hydrogens (tertiary/aromatic N) is 1. The Bertz CT molecular complexity index is 402. The van der Waals surface area contributed by atoms with Gasteiger partial charge in [0.15, 0.2) is 0 Å². The van der Waals surface area contributed by atoms with Crippen LogP contribution in [-0.2, 0) is 4.79 Å². The summed E-state index contributed by atoms with van der Waals surface area (Å²) < 4.78 is 0. The number of hydrogen-bond donors (Lipinski definition) is 2. The summed E-state index contributed by atoms with van der Waals surface area (Å²) in [5.41, 5.74) is 6.07. The second kappa shape index (κ2) is 4.22. The number of phenols is 1.